The number of nitrogens with one attached hydrogen (secondary N) is 1. The molecule has 0 bridgehead atoms. The Hall–Kier alpha value is -2.92. The first-order valence-corrected chi connectivity index (χ1v) is 11.6. The summed E-state index contributed by atoms with van der Waals surface area (Å²) < 4.78 is 4.85. The van der Waals surface area contributed by atoms with Crippen LogP contribution < -0.4 is 5.32 Å². The smallest absolute Gasteiger partial charge is 0.308 e. The minimum absolute atomic E-state index is 0.00702. The SMILES string of the molecule is COC(=O)C1CCC(NC(=O)c2sccc2Cc2ccc(-c3ccccc3)cc2)CC1. The lowest BCUT2D eigenvalue weighted by molar-refractivity contribution is -0.146. The number of ether oxygens (including phenoxy) is 1. The first-order chi connectivity index (χ1) is 15.1. The van der Waals surface area contributed by atoms with Crippen LogP contribution >= 0.6 is 11.3 Å². The zero-order chi connectivity index (χ0) is 21.6. The second-order valence-electron chi connectivity index (χ2n) is 8.06. The maximum absolute atomic E-state index is 12.9. The van der Waals surface area contributed by atoms with Crippen molar-refractivity contribution in [3.63, 3.8) is 0 Å². The Balaban J connectivity index is 1.37. The van der Waals surface area contributed by atoms with Crippen LogP contribution in [0.15, 0.2) is 66.0 Å². The summed E-state index contributed by atoms with van der Waals surface area (Å²) >= 11 is 1.49. The minimum Gasteiger partial charge on any atom is -0.469 e. The topological polar surface area (TPSA) is 55.4 Å². The van der Waals surface area contributed by atoms with E-state index in [4.69, 9.17) is 4.74 Å². The van der Waals surface area contributed by atoms with Crippen LogP contribution in [-0.2, 0) is 16.0 Å². The first-order valence-electron chi connectivity index (χ1n) is 10.7. The Kier molecular flexibility index (Phi) is 6.82. The molecule has 1 fully saturated rings. The number of thiophene rings is 1. The molecule has 1 heterocycles. The van der Waals surface area contributed by atoms with Gasteiger partial charge in [-0.25, -0.2) is 0 Å². The number of hydrogen-bond donors (Lipinski definition) is 1. The fourth-order valence-corrected chi connectivity index (χ4v) is 5.06. The van der Waals surface area contributed by atoms with Gasteiger partial charge in [0, 0.05) is 6.04 Å². The Morgan fingerprint density at radius 2 is 1.61 bits per heavy atom. The number of methoxy groups -OCH3 is 1. The number of amides is 1. The van der Waals surface area contributed by atoms with E-state index in [1.165, 1.54) is 35.1 Å². The van der Waals surface area contributed by atoms with Gasteiger partial charge in [-0.15, -0.1) is 11.3 Å². The van der Waals surface area contributed by atoms with E-state index in [-0.39, 0.29) is 23.8 Å². The van der Waals surface area contributed by atoms with Gasteiger partial charge in [0.1, 0.15) is 0 Å². The third-order valence-electron chi connectivity index (χ3n) is 6.01. The Morgan fingerprint density at radius 1 is 0.935 bits per heavy atom. The highest BCUT2D eigenvalue weighted by molar-refractivity contribution is 7.12. The Morgan fingerprint density at radius 3 is 2.29 bits per heavy atom. The molecular formula is C26H27NO3S. The van der Waals surface area contributed by atoms with Crippen LogP contribution in [0.25, 0.3) is 11.1 Å². The van der Waals surface area contributed by atoms with Gasteiger partial charge in [-0.2, -0.15) is 0 Å². The van der Waals surface area contributed by atoms with E-state index in [2.05, 4.69) is 41.7 Å². The lowest BCUT2D eigenvalue weighted by Crippen LogP contribution is -2.38. The molecule has 1 N–H and O–H groups in total. The quantitative estimate of drug-likeness (QED) is 0.525. The summed E-state index contributed by atoms with van der Waals surface area (Å²) in [6.45, 7) is 0. The van der Waals surface area contributed by atoms with Crippen LogP contribution in [-0.4, -0.2) is 25.0 Å². The fourth-order valence-electron chi connectivity index (χ4n) is 4.23. The standard InChI is InChI=1S/C26H27NO3S/c1-30-26(29)21-11-13-23(14-12-21)27-25(28)24-22(15-16-31-24)17-18-7-9-20(10-8-18)19-5-3-2-4-6-19/h2-10,15-16,21,23H,11-14,17H2,1H3,(H,27,28). The van der Waals surface area contributed by atoms with E-state index in [1.807, 2.05) is 29.6 Å². The van der Waals surface area contributed by atoms with Crippen LogP contribution in [0, 0.1) is 5.92 Å². The lowest BCUT2D eigenvalue weighted by Gasteiger charge is -2.27. The first kappa shape index (κ1) is 21.3. The van der Waals surface area contributed by atoms with Gasteiger partial charge in [0.05, 0.1) is 17.9 Å². The molecule has 31 heavy (non-hydrogen) atoms. The average molecular weight is 434 g/mol. The molecule has 3 aromatic rings. The number of carbonyl (C=O) groups is 2. The van der Waals surface area contributed by atoms with Gasteiger partial charge in [0.2, 0.25) is 0 Å². The van der Waals surface area contributed by atoms with Crippen molar-refractivity contribution in [2.75, 3.05) is 7.11 Å². The molecule has 0 saturated heterocycles. The van der Waals surface area contributed by atoms with E-state index in [9.17, 15) is 9.59 Å². The summed E-state index contributed by atoms with van der Waals surface area (Å²) in [6.07, 6.45) is 3.89. The van der Waals surface area contributed by atoms with Gasteiger partial charge in [-0.1, -0.05) is 54.6 Å². The van der Waals surface area contributed by atoms with Crippen LogP contribution in [0.1, 0.15) is 46.5 Å². The number of carbonyl (C=O) groups excluding carboxylic acids is 2. The van der Waals surface area contributed by atoms with Crippen molar-refractivity contribution in [1.82, 2.24) is 5.32 Å². The molecule has 5 heteroatoms. The van der Waals surface area contributed by atoms with Gasteiger partial charge >= 0.3 is 5.97 Å². The predicted molar refractivity (Wildman–Crippen MR) is 124 cm³/mol. The molecule has 160 valence electrons. The third-order valence-corrected chi connectivity index (χ3v) is 6.96. The molecule has 0 aliphatic heterocycles. The summed E-state index contributed by atoms with van der Waals surface area (Å²) in [5.41, 5.74) is 4.63. The van der Waals surface area contributed by atoms with E-state index >= 15 is 0 Å². The van der Waals surface area contributed by atoms with Crippen LogP contribution in [0.5, 0.6) is 0 Å². The van der Waals surface area contributed by atoms with Crippen LogP contribution in [0.3, 0.4) is 0 Å². The summed E-state index contributed by atoms with van der Waals surface area (Å²) in [5, 5.41) is 5.16. The molecule has 4 nitrogen and oxygen atoms in total. The third kappa shape index (κ3) is 5.23. The van der Waals surface area contributed by atoms with Crippen LogP contribution in [0.2, 0.25) is 0 Å². The minimum atomic E-state index is -0.136. The monoisotopic (exact) mass is 433 g/mol. The van der Waals surface area contributed by atoms with Crippen LogP contribution in [0.4, 0.5) is 0 Å². The Bertz CT molecular complexity index is 1020. The van der Waals surface area contributed by atoms with Gasteiger partial charge in [0.15, 0.2) is 0 Å². The normalized spacial score (nSPS) is 18.4. The molecule has 0 radical (unpaired) electrons. The molecule has 2 aromatic carbocycles. The molecule has 4 rings (SSSR count). The van der Waals surface area contributed by atoms with Crippen molar-refractivity contribution >= 4 is 23.2 Å². The maximum Gasteiger partial charge on any atom is 0.308 e. The largest absolute Gasteiger partial charge is 0.469 e. The molecule has 0 atom stereocenters. The lowest BCUT2D eigenvalue weighted by atomic mass is 9.86. The molecule has 1 aliphatic carbocycles. The van der Waals surface area contributed by atoms with Gasteiger partial charge in [0.25, 0.3) is 5.91 Å². The van der Waals surface area contributed by atoms with Gasteiger partial charge < -0.3 is 10.1 Å². The van der Waals surface area contributed by atoms with Crippen molar-refractivity contribution < 1.29 is 14.3 Å². The van der Waals surface area contributed by atoms with Gasteiger partial charge in [-0.05, 0) is 65.8 Å². The molecule has 1 saturated carbocycles. The van der Waals surface area contributed by atoms with Crippen molar-refractivity contribution in [2.45, 2.75) is 38.1 Å². The zero-order valence-corrected chi connectivity index (χ0v) is 18.5. The Labute approximate surface area is 187 Å². The van der Waals surface area contributed by atoms with Crippen molar-refractivity contribution in [1.29, 1.82) is 0 Å². The molecule has 1 aromatic heterocycles. The van der Waals surface area contributed by atoms with E-state index in [0.717, 1.165) is 42.5 Å². The number of rotatable bonds is 6. The van der Waals surface area contributed by atoms with E-state index in [0.29, 0.717) is 0 Å². The van der Waals surface area contributed by atoms with E-state index in [1.54, 1.807) is 0 Å². The summed E-state index contributed by atoms with van der Waals surface area (Å²) in [4.78, 5) is 25.4. The summed E-state index contributed by atoms with van der Waals surface area (Å²) in [6, 6.07) is 21.0. The van der Waals surface area contributed by atoms with Crippen molar-refractivity contribution in [3.8, 4) is 11.1 Å². The van der Waals surface area contributed by atoms with Crippen molar-refractivity contribution in [3.05, 3.63) is 82.0 Å². The number of esters is 1. The zero-order valence-electron chi connectivity index (χ0n) is 17.7. The highest BCUT2D eigenvalue weighted by atomic mass is 32.1. The van der Waals surface area contributed by atoms with Crippen molar-refractivity contribution in [2.24, 2.45) is 5.92 Å². The summed E-state index contributed by atoms with van der Waals surface area (Å²) in [5.74, 6) is -0.176. The fraction of sp³-hybridized carbons (Fsp3) is 0.308. The molecule has 0 spiro atoms. The molecule has 1 aliphatic rings. The molecule has 0 unspecified atom stereocenters. The number of hydrogen-bond acceptors (Lipinski definition) is 4. The average Bonchev–Trinajstić information content (AvgIpc) is 3.28. The predicted octanol–water partition coefficient (Wildman–Crippen LogP) is 5.47. The summed E-state index contributed by atoms with van der Waals surface area (Å²) in [7, 11) is 1.43. The maximum atomic E-state index is 12.9. The molecule has 1 amide bonds. The number of benzene rings is 2. The molecular weight excluding hydrogens is 406 g/mol. The second kappa shape index (κ2) is 9.92. The second-order valence-corrected chi connectivity index (χ2v) is 8.98. The highest BCUT2D eigenvalue weighted by Gasteiger charge is 2.28. The van der Waals surface area contributed by atoms with Gasteiger partial charge in [-0.3, -0.25) is 9.59 Å². The van der Waals surface area contributed by atoms with E-state index < -0.39 is 0 Å². The highest BCUT2D eigenvalue weighted by Crippen LogP contribution is 2.27.